The van der Waals surface area contributed by atoms with E-state index in [9.17, 15) is 4.79 Å². The molecule has 104 valence electrons. The van der Waals surface area contributed by atoms with E-state index in [1.807, 2.05) is 11.0 Å². The lowest BCUT2D eigenvalue weighted by Crippen LogP contribution is -2.43. The highest BCUT2D eigenvalue weighted by Gasteiger charge is 2.23. The van der Waals surface area contributed by atoms with Gasteiger partial charge in [-0.15, -0.1) is 0 Å². The molecule has 0 saturated carbocycles. The fourth-order valence-electron chi connectivity index (χ4n) is 2.73. The second-order valence-corrected chi connectivity index (χ2v) is 5.15. The largest absolute Gasteiger partial charge is 0.312 e. The molecule has 3 nitrogen and oxygen atoms in total. The SMILES string of the molecule is CCNC(CC)CN1C(=O)CCCc2ccccc21. The lowest BCUT2D eigenvalue weighted by Gasteiger charge is -2.28. The number of para-hydroxylation sites is 1. The van der Waals surface area contributed by atoms with Crippen LogP contribution in [0.3, 0.4) is 0 Å². The van der Waals surface area contributed by atoms with Gasteiger partial charge in [0.05, 0.1) is 0 Å². The summed E-state index contributed by atoms with van der Waals surface area (Å²) in [5, 5.41) is 3.46. The van der Waals surface area contributed by atoms with Crippen molar-refractivity contribution >= 4 is 11.6 Å². The first kappa shape index (κ1) is 14.1. The number of carbonyl (C=O) groups excluding carboxylic acids is 1. The minimum absolute atomic E-state index is 0.265. The van der Waals surface area contributed by atoms with Gasteiger partial charge in [-0.05, 0) is 37.4 Å². The Hall–Kier alpha value is -1.35. The Bertz CT molecular complexity index is 431. The molecule has 0 fully saturated rings. The smallest absolute Gasteiger partial charge is 0.227 e. The van der Waals surface area contributed by atoms with Crippen molar-refractivity contribution in [3.63, 3.8) is 0 Å². The quantitative estimate of drug-likeness (QED) is 0.883. The van der Waals surface area contributed by atoms with E-state index in [0.29, 0.717) is 12.5 Å². The summed E-state index contributed by atoms with van der Waals surface area (Å²) in [6, 6.07) is 8.69. The zero-order valence-corrected chi connectivity index (χ0v) is 12.0. The molecule has 0 spiro atoms. The Labute approximate surface area is 116 Å². The topological polar surface area (TPSA) is 32.3 Å². The van der Waals surface area contributed by atoms with Gasteiger partial charge in [0, 0.05) is 24.7 Å². The van der Waals surface area contributed by atoms with Gasteiger partial charge in [-0.25, -0.2) is 0 Å². The number of benzene rings is 1. The van der Waals surface area contributed by atoms with Crippen molar-refractivity contribution in [2.75, 3.05) is 18.0 Å². The van der Waals surface area contributed by atoms with Gasteiger partial charge in [0.15, 0.2) is 0 Å². The molecule has 1 unspecified atom stereocenters. The molecule has 1 heterocycles. The van der Waals surface area contributed by atoms with Crippen molar-refractivity contribution in [3.05, 3.63) is 29.8 Å². The number of hydrogen-bond acceptors (Lipinski definition) is 2. The van der Waals surface area contributed by atoms with E-state index in [2.05, 4.69) is 37.4 Å². The summed E-state index contributed by atoms with van der Waals surface area (Å²) >= 11 is 0. The van der Waals surface area contributed by atoms with Crippen LogP contribution in [0.1, 0.15) is 38.7 Å². The van der Waals surface area contributed by atoms with Crippen LogP contribution in [0.25, 0.3) is 0 Å². The molecular weight excluding hydrogens is 236 g/mol. The van der Waals surface area contributed by atoms with Gasteiger partial charge in [0.25, 0.3) is 0 Å². The molecule has 0 saturated heterocycles. The molecular formula is C16H24N2O. The molecule has 1 N–H and O–H groups in total. The minimum Gasteiger partial charge on any atom is -0.312 e. The lowest BCUT2D eigenvalue weighted by atomic mass is 10.1. The molecule has 1 aliphatic heterocycles. The summed E-state index contributed by atoms with van der Waals surface area (Å²) in [5.41, 5.74) is 2.42. The average molecular weight is 260 g/mol. The van der Waals surface area contributed by atoms with Gasteiger partial charge < -0.3 is 10.2 Å². The van der Waals surface area contributed by atoms with Crippen molar-refractivity contribution < 1.29 is 4.79 Å². The van der Waals surface area contributed by atoms with Crippen molar-refractivity contribution in [2.45, 2.75) is 45.6 Å². The molecule has 3 heteroatoms. The van der Waals surface area contributed by atoms with Gasteiger partial charge in [0.2, 0.25) is 5.91 Å². The van der Waals surface area contributed by atoms with E-state index in [1.165, 1.54) is 5.56 Å². The highest BCUT2D eigenvalue weighted by Crippen LogP contribution is 2.27. The van der Waals surface area contributed by atoms with Gasteiger partial charge in [-0.2, -0.15) is 0 Å². The Morgan fingerprint density at radius 1 is 1.26 bits per heavy atom. The highest BCUT2D eigenvalue weighted by molar-refractivity contribution is 5.94. The first-order valence-electron chi connectivity index (χ1n) is 7.37. The fourth-order valence-corrected chi connectivity index (χ4v) is 2.73. The Balaban J connectivity index is 2.23. The number of hydrogen-bond donors (Lipinski definition) is 1. The van der Waals surface area contributed by atoms with Crippen LogP contribution in [-0.4, -0.2) is 25.0 Å². The van der Waals surface area contributed by atoms with E-state index in [-0.39, 0.29) is 5.91 Å². The third-order valence-corrected chi connectivity index (χ3v) is 3.81. The summed E-state index contributed by atoms with van der Waals surface area (Å²) in [6.07, 6.45) is 3.68. The maximum Gasteiger partial charge on any atom is 0.227 e. The molecule has 0 aromatic heterocycles. The molecule has 2 rings (SSSR count). The van der Waals surface area contributed by atoms with Crippen molar-refractivity contribution in [1.29, 1.82) is 0 Å². The predicted molar refractivity (Wildman–Crippen MR) is 79.5 cm³/mol. The molecule has 1 aliphatic rings. The number of likely N-dealkylation sites (N-methyl/N-ethyl adjacent to an activating group) is 1. The molecule has 0 aliphatic carbocycles. The number of nitrogens with one attached hydrogen (secondary N) is 1. The standard InChI is InChI=1S/C16H24N2O/c1-3-14(17-4-2)12-18-15-10-6-5-8-13(15)9-7-11-16(18)19/h5-6,8,10,14,17H,3-4,7,9,11-12H2,1-2H3. The van der Waals surface area contributed by atoms with Crippen LogP contribution in [0.2, 0.25) is 0 Å². The molecule has 1 aromatic rings. The van der Waals surface area contributed by atoms with E-state index < -0.39 is 0 Å². The predicted octanol–water partition coefficient (Wildman–Crippen LogP) is 2.74. The van der Waals surface area contributed by atoms with Crippen molar-refractivity contribution in [2.24, 2.45) is 0 Å². The Morgan fingerprint density at radius 2 is 2.05 bits per heavy atom. The van der Waals surface area contributed by atoms with Gasteiger partial charge >= 0.3 is 0 Å². The van der Waals surface area contributed by atoms with Crippen LogP contribution >= 0.6 is 0 Å². The third-order valence-electron chi connectivity index (χ3n) is 3.81. The number of nitrogens with zero attached hydrogens (tertiary/aromatic N) is 1. The molecule has 1 amide bonds. The van der Waals surface area contributed by atoms with Crippen LogP contribution in [-0.2, 0) is 11.2 Å². The number of aryl methyl sites for hydroxylation is 1. The summed E-state index contributed by atoms with van der Waals surface area (Å²) in [4.78, 5) is 14.3. The normalized spacial score (nSPS) is 16.9. The number of anilines is 1. The molecule has 0 radical (unpaired) electrons. The second-order valence-electron chi connectivity index (χ2n) is 5.15. The molecule has 1 atom stereocenters. The fraction of sp³-hybridized carbons (Fsp3) is 0.562. The Kier molecular flexibility index (Phi) is 4.97. The lowest BCUT2D eigenvalue weighted by molar-refractivity contribution is -0.118. The second kappa shape index (κ2) is 6.71. The number of amides is 1. The number of carbonyl (C=O) groups is 1. The van der Waals surface area contributed by atoms with Gasteiger partial charge in [-0.1, -0.05) is 32.0 Å². The van der Waals surface area contributed by atoms with Gasteiger partial charge in [0.1, 0.15) is 0 Å². The third kappa shape index (κ3) is 3.35. The van der Waals surface area contributed by atoms with E-state index in [4.69, 9.17) is 0 Å². The van der Waals surface area contributed by atoms with Crippen molar-refractivity contribution in [3.8, 4) is 0 Å². The van der Waals surface area contributed by atoms with E-state index in [0.717, 1.165) is 38.0 Å². The van der Waals surface area contributed by atoms with E-state index in [1.54, 1.807) is 0 Å². The van der Waals surface area contributed by atoms with E-state index >= 15 is 0 Å². The zero-order valence-electron chi connectivity index (χ0n) is 12.0. The van der Waals surface area contributed by atoms with Crippen LogP contribution in [0.5, 0.6) is 0 Å². The maximum absolute atomic E-state index is 12.3. The monoisotopic (exact) mass is 260 g/mol. The average Bonchev–Trinajstić information content (AvgIpc) is 2.58. The number of rotatable bonds is 5. The van der Waals surface area contributed by atoms with Gasteiger partial charge in [-0.3, -0.25) is 4.79 Å². The summed E-state index contributed by atoms with van der Waals surface area (Å²) in [5.74, 6) is 0.265. The highest BCUT2D eigenvalue weighted by atomic mass is 16.2. The summed E-state index contributed by atoms with van der Waals surface area (Å²) in [6.45, 7) is 6.00. The van der Waals surface area contributed by atoms with Crippen LogP contribution in [0.4, 0.5) is 5.69 Å². The van der Waals surface area contributed by atoms with Crippen LogP contribution in [0.15, 0.2) is 24.3 Å². The van der Waals surface area contributed by atoms with Crippen molar-refractivity contribution in [1.82, 2.24) is 5.32 Å². The molecule has 0 bridgehead atoms. The maximum atomic E-state index is 12.3. The summed E-state index contributed by atoms with van der Waals surface area (Å²) in [7, 11) is 0. The van der Waals surface area contributed by atoms with Crippen LogP contribution in [0, 0.1) is 0 Å². The first-order chi connectivity index (χ1) is 9.26. The first-order valence-corrected chi connectivity index (χ1v) is 7.37. The van der Waals surface area contributed by atoms with Crippen LogP contribution < -0.4 is 10.2 Å². The molecule has 1 aromatic carbocycles. The summed E-state index contributed by atoms with van der Waals surface area (Å²) < 4.78 is 0. The zero-order chi connectivity index (χ0) is 13.7. The Morgan fingerprint density at radius 3 is 2.79 bits per heavy atom. The number of fused-ring (bicyclic) bond motifs is 1. The minimum atomic E-state index is 0.265. The molecule has 19 heavy (non-hydrogen) atoms.